The van der Waals surface area contributed by atoms with Crippen LogP contribution in [0.5, 0.6) is 0 Å². The first-order valence-corrected chi connectivity index (χ1v) is 7.93. The lowest BCUT2D eigenvalue weighted by atomic mass is 10.1. The van der Waals surface area contributed by atoms with Crippen molar-refractivity contribution in [3.05, 3.63) is 42.1 Å². The van der Waals surface area contributed by atoms with Crippen molar-refractivity contribution in [3.63, 3.8) is 0 Å². The molecule has 2 heteroatoms. The molecule has 0 spiro atoms. The number of nitrogens with one attached hydrogen (secondary N) is 1. The zero-order valence-corrected chi connectivity index (χ0v) is 12.3. The molecule has 0 radical (unpaired) electrons. The van der Waals surface area contributed by atoms with Gasteiger partial charge in [-0.05, 0) is 49.8 Å². The summed E-state index contributed by atoms with van der Waals surface area (Å²) in [4.78, 5) is 4.53. The third kappa shape index (κ3) is 3.01. The summed E-state index contributed by atoms with van der Waals surface area (Å²) in [7, 11) is 0. The Balaban J connectivity index is 1.58. The minimum Gasteiger partial charge on any atom is -0.314 e. The van der Waals surface area contributed by atoms with Crippen molar-refractivity contribution >= 4 is 10.9 Å². The van der Waals surface area contributed by atoms with Gasteiger partial charge in [-0.15, -0.1) is 0 Å². The third-order valence-corrected chi connectivity index (χ3v) is 4.66. The largest absolute Gasteiger partial charge is 0.314 e. The Bertz CT molecular complexity index is 559. The molecule has 2 aromatic rings. The first-order valence-electron chi connectivity index (χ1n) is 7.93. The average molecular weight is 268 g/mol. The van der Waals surface area contributed by atoms with Crippen LogP contribution in [0.4, 0.5) is 0 Å². The van der Waals surface area contributed by atoms with Crippen LogP contribution in [0.1, 0.15) is 38.2 Å². The van der Waals surface area contributed by atoms with Crippen LogP contribution in [0.25, 0.3) is 10.9 Å². The second-order valence-electron chi connectivity index (χ2n) is 5.98. The number of nitrogens with zero attached hydrogens (tertiary/aromatic N) is 1. The molecule has 1 aromatic heterocycles. The number of pyridine rings is 1. The maximum absolute atomic E-state index is 4.53. The average Bonchev–Trinajstić information content (AvgIpc) is 2.95. The molecule has 1 N–H and O–H groups in total. The van der Waals surface area contributed by atoms with Crippen LogP contribution >= 0.6 is 0 Å². The lowest BCUT2D eigenvalue weighted by Gasteiger charge is -2.13. The maximum atomic E-state index is 4.53. The van der Waals surface area contributed by atoms with Crippen molar-refractivity contribution in [2.24, 2.45) is 5.92 Å². The highest BCUT2D eigenvalue weighted by Gasteiger charge is 2.22. The maximum Gasteiger partial charge on any atom is 0.0734 e. The highest BCUT2D eigenvalue weighted by atomic mass is 14.9. The lowest BCUT2D eigenvalue weighted by molar-refractivity contribution is 0.479. The molecule has 2 unspecified atom stereocenters. The Morgan fingerprint density at radius 1 is 1.20 bits per heavy atom. The highest BCUT2D eigenvalue weighted by Crippen LogP contribution is 2.27. The molecular weight excluding hydrogens is 244 g/mol. The fraction of sp³-hybridized carbons (Fsp3) is 0.500. The van der Waals surface area contributed by atoms with E-state index in [9.17, 15) is 0 Å². The summed E-state index contributed by atoms with van der Waals surface area (Å²) in [6, 6.07) is 11.4. The molecule has 20 heavy (non-hydrogen) atoms. The summed E-state index contributed by atoms with van der Waals surface area (Å²) in [5.41, 5.74) is 2.52. The second-order valence-corrected chi connectivity index (χ2v) is 5.98. The molecule has 1 aliphatic carbocycles. The summed E-state index contributed by atoms with van der Waals surface area (Å²) in [5.74, 6) is 0.951. The number of hydrogen-bond donors (Lipinski definition) is 1. The van der Waals surface area contributed by atoms with Crippen molar-refractivity contribution < 1.29 is 0 Å². The van der Waals surface area contributed by atoms with Crippen molar-refractivity contribution in [3.8, 4) is 0 Å². The van der Waals surface area contributed by atoms with E-state index < -0.39 is 0 Å². The Hall–Kier alpha value is -1.41. The molecule has 3 rings (SSSR count). The normalized spacial score (nSPS) is 22.4. The monoisotopic (exact) mass is 268 g/mol. The number of rotatable bonds is 5. The van der Waals surface area contributed by atoms with Gasteiger partial charge in [0.2, 0.25) is 0 Å². The van der Waals surface area contributed by atoms with Gasteiger partial charge in [0.05, 0.1) is 5.52 Å². The Labute approximate surface area is 121 Å². The van der Waals surface area contributed by atoms with E-state index in [1.54, 1.807) is 0 Å². The standard InChI is InChI=1S/C18H24N2/c1-2-14-8-9-17(13-14)19-12-10-16-6-3-5-15-7-4-11-20-18(15)16/h3-7,11,14,17,19H,2,8-10,12-13H2,1H3. The zero-order chi connectivity index (χ0) is 13.8. The van der Waals surface area contributed by atoms with Gasteiger partial charge in [-0.3, -0.25) is 4.98 Å². The third-order valence-electron chi connectivity index (χ3n) is 4.66. The molecule has 0 saturated heterocycles. The van der Waals surface area contributed by atoms with E-state index in [2.05, 4.69) is 41.5 Å². The molecule has 0 amide bonds. The molecule has 2 atom stereocenters. The molecular formula is C18H24N2. The molecule has 106 valence electrons. The fourth-order valence-corrected chi connectivity index (χ4v) is 3.41. The van der Waals surface area contributed by atoms with Crippen molar-refractivity contribution in [2.45, 2.75) is 45.1 Å². The van der Waals surface area contributed by atoms with Gasteiger partial charge in [0.15, 0.2) is 0 Å². The first-order chi connectivity index (χ1) is 9.86. The Morgan fingerprint density at radius 2 is 2.10 bits per heavy atom. The van der Waals surface area contributed by atoms with Gasteiger partial charge in [0.1, 0.15) is 0 Å². The van der Waals surface area contributed by atoms with E-state index in [4.69, 9.17) is 0 Å². The number of fused-ring (bicyclic) bond motifs is 1. The molecule has 1 saturated carbocycles. The predicted octanol–water partition coefficient (Wildman–Crippen LogP) is 3.95. The Kier molecular flexibility index (Phi) is 4.31. The molecule has 1 heterocycles. The van der Waals surface area contributed by atoms with Gasteiger partial charge < -0.3 is 5.32 Å². The van der Waals surface area contributed by atoms with E-state index in [0.717, 1.165) is 30.4 Å². The van der Waals surface area contributed by atoms with E-state index in [1.807, 2.05) is 12.3 Å². The number of aromatic nitrogens is 1. The highest BCUT2D eigenvalue weighted by molar-refractivity contribution is 5.81. The van der Waals surface area contributed by atoms with Crippen molar-refractivity contribution in [2.75, 3.05) is 6.54 Å². The van der Waals surface area contributed by atoms with Gasteiger partial charge in [-0.25, -0.2) is 0 Å². The summed E-state index contributed by atoms with van der Waals surface area (Å²) < 4.78 is 0. The minimum atomic E-state index is 0.739. The van der Waals surface area contributed by atoms with E-state index >= 15 is 0 Å². The van der Waals surface area contributed by atoms with Crippen LogP contribution in [0, 0.1) is 5.92 Å². The van der Waals surface area contributed by atoms with Crippen LogP contribution < -0.4 is 5.32 Å². The molecule has 1 fully saturated rings. The number of hydrogen-bond acceptors (Lipinski definition) is 2. The van der Waals surface area contributed by atoms with Crippen molar-refractivity contribution in [1.29, 1.82) is 0 Å². The summed E-state index contributed by atoms with van der Waals surface area (Å²) in [6.07, 6.45) is 8.43. The summed E-state index contributed by atoms with van der Waals surface area (Å²) >= 11 is 0. The van der Waals surface area contributed by atoms with Crippen molar-refractivity contribution in [1.82, 2.24) is 10.3 Å². The zero-order valence-electron chi connectivity index (χ0n) is 12.3. The lowest BCUT2D eigenvalue weighted by Crippen LogP contribution is -2.28. The predicted molar refractivity (Wildman–Crippen MR) is 84.9 cm³/mol. The van der Waals surface area contributed by atoms with E-state index in [-0.39, 0.29) is 0 Å². The SMILES string of the molecule is CCC1CCC(NCCc2cccc3cccnc23)C1. The molecule has 0 bridgehead atoms. The van der Waals surface area contributed by atoms with E-state index in [0.29, 0.717) is 0 Å². The van der Waals surface area contributed by atoms with Crippen LogP contribution in [-0.4, -0.2) is 17.6 Å². The fourth-order valence-electron chi connectivity index (χ4n) is 3.41. The van der Waals surface area contributed by atoms with E-state index in [1.165, 1.54) is 36.6 Å². The van der Waals surface area contributed by atoms with Gasteiger partial charge in [0.25, 0.3) is 0 Å². The van der Waals surface area contributed by atoms with Crippen LogP contribution in [0.3, 0.4) is 0 Å². The summed E-state index contributed by atoms with van der Waals surface area (Å²) in [5, 5.41) is 4.98. The molecule has 2 nitrogen and oxygen atoms in total. The van der Waals surface area contributed by atoms with Gasteiger partial charge in [0, 0.05) is 17.6 Å². The second kappa shape index (κ2) is 6.36. The van der Waals surface area contributed by atoms with Gasteiger partial charge in [-0.2, -0.15) is 0 Å². The van der Waals surface area contributed by atoms with Crippen LogP contribution in [-0.2, 0) is 6.42 Å². The Morgan fingerprint density at radius 3 is 2.95 bits per heavy atom. The number of para-hydroxylation sites is 1. The van der Waals surface area contributed by atoms with Crippen LogP contribution in [0.15, 0.2) is 36.5 Å². The van der Waals surface area contributed by atoms with Gasteiger partial charge >= 0.3 is 0 Å². The summed E-state index contributed by atoms with van der Waals surface area (Å²) in [6.45, 7) is 3.38. The first kappa shape index (κ1) is 13.6. The molecule has 1 aromatic carbocycles. The minimum absolute atomic E-state index is 0.739. The molecule has 1 aliphatic rings. The quantitative estimate of drug-likeness (QED) is 0.888. The van der Waals surface area contributed by atoms with Crippen LogP contribution in [0.2, 0.25) is 0 Å². The smallest absolute Gasteiger partial charge is 0.0734 e. The topological polar surface area (TPSA) is 24.9 Å². The molecule has 0 aliphatic heterocycles. The number of benzene rings is 1. The van der Waals surface area contributed by atoms with Gasteiger partial charge in [-0.1, -0.05) is 37.6 Å².